The minimum atomic E-state index is -0.186. The smallest absolute Gasteiger partial charge is 0.319 e. The highest BCUT2D eigenvalue weighted by Gasteiger charge is 2.28. The lowest BCUT2D eigenvalue weighted by atomic mass is 9.97. The number of hydrogen-bond donors (Lipinski definition) is 1. The summed E-state index contributed by atoms with van der Waals surface area (Å²) < 4.78 is 5.21. The fraction of sp³-hybridized carbons (Fsp3) is 0.500. The fourth-order valence-electron chi connectivity index (χ4n) is 3.04. The second-order valence-electron chi connectivity index (χ2n) is 6.73. The molecule has 3 rings (SSSR count). The first-order valence-electron chi connectivity index (χ1n) is 9.02. The third-order valence-corrected chi connectivity index (χ3v) is 4.45. The summed E-state index contributed by atoms with van der Waals surface area (Å²) in [6.45, 7) is 1.55. The van der Waals surface area contributed by atoms with Crippen LogP contribution in [0.3, 0.4) is 0 Å². The number of hydrogen-bond acceptors (Lipinski definition) is 6. The van der Waals surface area contributed by atoms with Crippen LogP contribution in [0.15, 0.2) is 28.9 Å². The van der Waals surface area contributed by atoms with Crippen LogP contribution in [0.25, 0.3) is 11.5 Å². The van der Waals surface area contributed by atoms with E-state index in [0.29, 0.717) is 43.5 Å². The van der Waals surface area contributed by atoms with Crippen LogP contribution in [-0.2, 0) is 11.2 Å². The molecule has 9 nitrogen and oxygen atoms in total. The Morgan fingerprint density at radius 3 is 2.96 bits per heavy atom. The Labute approximate surface area is 157 Å². The van der Waals surface area contributed by atoms with Crippen LogP contribution in [0.5, 0.6) is 0 Å². The van der Waals surface area contributed by atoms with E-state index in [4.69, 9.17) is 4.52 Å². The molecule has 0 bridgehead atoms. The van der Waals surface area contributed by atoms with Gasteiger partial charge in [0.2, 0.25) is 17.6 Å². The number of nitrogens with zero attached hydrogens (tertiary/aromatic N) is 5. The summed E-state index contributed by atoms with van der Waals surface area (Å²) in [5.41, 5.74) is 0.643. The molecule has 144 valence electrons. The van der Waals surface area contributed by atoms with Crippen LogP contribution in [-0.4, -0.2) is 70.6 Å². The molecule has 0 aromatic carbocycles. The molecule has 0 spiro atoms. The van der Waals surface area contributed by atoms with E-state index in [0.717, 1.165) is 12.8 Å². The van der Waals surface area contributed by atoms with Gasteiger partial charge >= 0.3 is 6.03 Å². The van der Waals surface area contributed by atoms with Gasteiger partial charge in [-0.2, -0.15) is 4.98 Å². The molecule has 0 radical (unpaired) electrons. The molecule has 0 unspecified atom stereocenters. The van der Waals surface area contributed by atoms with Crippen molar-refractivity contribution in [1.29, 1.82) is 0 Å². The Balaban J connectivity index is 1.47. The van der Waals surface area contributed by atoms with Crippen molar-refractivity contribution in [1.82, 2.24) is 30.2 Å². The average Bonchev–Trinajstić information content (AvgIpc) is 3.17. The molecule has 1 aliphatic rings. The van der Waals surface area contributed by atoms with Gasteiger partial charge in [0.15, 0.2) is 0 Å². The standard InChI is InChI=1S/C18H24N6O3/c1-23(2)18(26)24-11-5-6-13(12-24)17(25)20-10-8-15-21-16(22-27-15)14-7-3-4-9-19-14/h3-4,7,9,13H,5-6,8,10-12H2,1-2H3,(H,20,25)/t13-/m0/s1. The molecule has 1 N–H and O–H groups in total. The SMILES string of the molecule is CN(C)C(=O)N1CCC[C@H](C(=O)NCCc2nc(-c3ccccn3)no2)C1. The summed E-state index contributed by atoms with van der Waals surface area (Å²) >= 11 is 0. The largest absolute Gasteiger partial charge is 0.355 e. The number of rotatable bonds is 5. The molecule has 27 heavy (non-hydrogen) atoms. The van der Waals surface area contributed by atoms with E-state index in [1.807, 2.05) is 12.1 Å². The molecule has 3 amide bonds. The van der Waals surface area contributed by atoms with Gasteiger partial charge in [-0.25, -0.2) is 4.79 Å². The molecule has 2 aromatic heterocycles. The number of amides is 3. The van der Waals surface area contributed by atoms with Gasteiger partial charge in [-0.15, -0.1) is 0 Å². The summed E-state index contributed by atoms with van der Waals surface area (Å²) in [7, 11) is 3.44. The summed E-state index contributed by atoms with van der Waals surface area (Å²) in [6, 6.07) is 5.42. The first-order chi connectivity index (χ1) is 13.0. The molecule has 1 atom stereocenters. The molecule has 1 saturated heterocycles. The highest BCUT2D eigenvalue weighted by molar-refractivity contribution is 5.80. The number of piperidine rings is 1. The number of carbonyl (C=O) groups is 2. The van der Waals surface area contributed by atoms with E-state index in [-0.39, 0.29) is 17.9 Å². The van der Waals surface area contributed by atoms with Crippen molar-refractivity contribution in [2.45, 2.75) is 19.3 Å². The molecular weight excluding hydrogens is 348 g/mol. The van der Waals surface area contributed by atoms with E-state index >= 15 is 0 Å². The maximum Gasteiger partial charge on any atom is 0.319 e. The number of likely N-dealkylation sites (tertiary alicyclic amines) is 1. The third kappa shape index (κ3) is 4.81. The Hall–Kier alpha value is -2.97. The normalized spacial score (nSPS) is 16.8. The molecular formula is C18H24N6O3. The molecule has 1 aliphatic heterocycles. The van der Waals surface area contributed by atoms with E-state index in [1.54, 1.807) is 31.3 Å². The van der Waals surface area contributed by atoms with Crippen LogP contribution in [0, 0.1) is 5.92 Å². The Morgan fingerprint density at radius 2 is 2.22 bits per heavy atom. The van der Waals surface area contributed by atoms with Crippen molar-refractivity contribution in [2.24, 2.45) is 5.92 Å². The fourth-order valence-corrected chi connectivity index (χ4v) is 3.04. The van der Waals surface area contributed by atoms with Crippen molar-refractivity contribution in [3.05, 3.63) is 30.3 Å². The van der Waals surface area contributed by atoms with E-state index in [9.17, 15) is 9.59 Å². The molecule has 3 heterocycles. The summed E-state index contributed by atoms with van der Waals surface area (Å²) in [5, 5.41) is 6.81. The summed E-state index contributed by atoms with van der Waals surface area (Å²) in [6.07, 6.45) is 3.72. The van der Waals surface area contributed by atoms with Crippen molar-refractivity contribution < 1.29 is 14.1 Å². The monoisotopic (exact) mass is 372 g/mol. The van der Waals surface area contributed by atoms with Crippen molar-refractivity contribution >= 4 is 11.9 Å². The van der Waals surface area contributed by atoms with Gasteiger partial charge in [-0.1, -0.05) is 11.2 Å². The maximum absolute atomic E-state index is 12.4. The number of nitrogens with one attached hydrogen (secondary N) is 1. The third-order valence-electron chi connectivity index (χ3n) is 4.45. The van der Waals surface area contributed by atoms with Gasteiger partial charge < -0.3 is 19.6 Å². The van der Waals surface area contributed by atoms with E-state index in [1.165, 1.54) is 4.90 Å². The van der Waals surface area contributed by atoms with Crippen LogP contribution in [0.1, 0.15) is 18.7 Å². The summed E-state index contributed by atoms with van der Waals surface area (Å²) in [4.78, 5) is 36.2. The zero-order chi connectivity index (χ0) is 19.2. The number of carbonyl (C=O) groups excluding carboxylic acids is 2. The van der Waals surface area contributed by atoms with E-state index < -0.39 is 0 Å². The van der Waals surface area contributed by atoms with Gasteiger partial charge in [0.05, 0.1) is 5.92 Å². The van der Waals surface area contributed by atoms with Crippen molar-refractivity contribution in [2.75, 3.05) is 33.7 Å². The topological polar surface area (TPSA) is 104 Å². The van der Waals surface area contributed by atoms with Crippen LogP contribution < -0.4 is 5.32 Å². The Morgan fingerprint density at radius 1 is 1.37 bits per heavy atom. The average molecular weight is 372 g/mol. The lowest BCUT2D eigenvalue weighted by Gasteiger charge is -2.33. The highest BCUT2D eigenvalue weighted by atomic mass is 16.5. The Kier molecular flexibility index (Phi) is 6.00. The van der Waals surface area contributed by atoms with Crippen LogP contribution >= 0.6 is 0 Å². The first kappa shape index (κ1) is 18.8. The quantitative estimate of drug-likeness (QED) is 0.845. The van der Waals surface area contributed by atoms with E-state index in [2.05, 4.69) is 20.4 Å². The second kappa shape index (κ2) is 8.61. The zero-order valence-corrected chi connectivity index (χ0v) is 15.6. The van der Waals surface area contributed by atoms with Crippen molar-refractivity contribution in [3.8, 4) is 11.5 Å². The van der Waals surface area contributed by atoms with Crippen LogP contribution in [0.4, 0.5) is 4.79 Å². The lowest BCUT2D eigenvalue weighted by molar-refractivity contribution is -0.126. The highest BCUT2D eigenvalue weighted by Crippen LogP contribution is 2.17. The molecule has 2 aromatic rings. The predicted octanol–water partition coefficient (Wildman–Crippen LogP) is 1.18. The molecule has 0 saturated carbocycles. The van der Waals surface area contributed by atoms with Gasteiger partial charge in [0.1, 0.15) is 5.69 Å². The minimum absolute atomic E-state index is 0.0456. The Bertz CT molecular complexity index is 776. The second-order valence-corrected chi connectivity index (χ2v) is 6.73. The van der Waals surface area contributed by atoms with Crippen molar-refractivity contribution in [3.63, 3.8) is 0 Å². The molecule has 1 fully saturated rings. The number of urea groups is 1. The van der Waals surface area contributed by atoms with Crippen LogP contribution in [0.2, 0.25) is 0 Å². The maximum atomic E-state index is 12.4. The van der Waals surface area contributed by atoms with Gasteiger partial charge in [-0.05, 0) is 25.0 Å². The number of pyridine rings is 1. The van der Waals surface area contributed by atoms with Gasteiger partial charge in [0.25, 0.3) is 0 Å². The summed E-state index contributed by atoms with van der Waals surface area (Å²) in [5.74, 6) is 0.649. The van der Waals surface area contributed by atoms with Gasteiger partial charge in [0, 0.05) is 46.3 Å². The number of aromatic nitrogens is 3. The predicted molar refractivity (Wildman–Crippen MR) is 97.6 cm³/mol. The first-order valence-corrected chi connectivity index (χ1v) is 9.02. The molecule has 0 aliphatic carbocycles. The lowest BCUT2D eigenvalue weighted by Crippen LogP contribution is -2.48. The molecule has 9 heteroatoms. The minimum Gasteiger partial charge on any atom is -0.355 e. The zero-order valence-electron chi connectivity index (χ0n) is 15.6. The van der Waals surface area contributed by atoms with Gasteiger partial charge in [-0.3, -0.25) is 9.78 Å².